The number of H-pyrrole nitrogens is 1. The lowest BCUT2D eigenvalue weighted by molar-refractivity contribution is -0.625. The lowest BCUT2D eigenvalue weighted by atomic mass is 9.87. The third-order valence-electron chi connectivity index (χ3n) is 6.21. The van der Waals surface area contributed by atoms with Crippen molar-refractivity contribution < 1.29 is 14.5 Å². The van der Waals surface area contributed by atoms with Gasteiger partial charge < -0.3 is 5.11 Å². The molecule has 0 aliphatic heterocycles. The zero-order valence-corrected chi connectivity index (χ0v) is 23.5. The predicted octanol–water partition coefficient (Wildman–Crippen LogP) is 5.00. The summed E-state index contributed by atoms with van der Waals surface area (Å²) in [6.45, 7) is 12.3. The molecule has 0 unspecified atom stereocenters. The largest absolute Gasteiger partial charge is 0.872 e. The van der Waals surface area contributed by atoms with Gasteiger partial charge in [-0.15, -0.1) is 11.7 Å². The monoisotopic (exact) mass is 539 g/mol. The first-order valence-corrected chi connectivity index (χ1v) is 13.7. The van der Waals surface area contributed by atoms with Crippen molar-refractivity contribution in [2.75, 3.05) is 5.75 Å². The number of hydrogen-bond donors (Lipinski definition) is 2. The van der Waals surface area contributed by atoms with Gasteiger partial charge in [-0.3, -0.25) is 4.79 Å². The summed E-state index contributed by atoms with van der Waals surface area (Å²) in [4.78, 5) is 12.6. The summed E-state index contributed by atoms with van der Waals surface area (Å²) in [5.41, 5.74) is 7.94. The van der Waals surface area contributed by atoms with Gasteiger partial charge in [0.15, 0.2) is 0 Å². The van der Waals surface area contributed by atoms with Crippen molar-refractivity contribution in [3.63, 3.8) is 0 Å². The Labute approximate surface area is 233 Å². The second-order valence-corrected chi connectivity index (χ2v) is 11.2. The van der Waals surface area contributed by atoms with E-state index in [-0.39, 0.29) is 22.8 Å². The van der Waals surface area contributed by atoms with Crippen molar-refractivity contribution in [3.05, 3.63) is 102 Å². The minimum absolute atomic E-state index is 0.0555. The van der Waals surface area contributed by atoms with E-state index in [4.69, 9.17) is 0 Å². The highest BCUT2D eigenvalue weighted by molar-refractivity contribution is 7.99. The number of aryl methyl sites for hydroxylation is 1. The van der Waals surface area contributed by atoms with Gasteiger partial charge in [-0.1, -0.05) is 86.2 Å². The highest BCUT2D eigenvalue weighted by atomic mass is 32.2. The number of amides is 1. The summed E-state index contributed by atoms with van der Waals surface area (Å²) in [6.07, 6.45) is 3.54. The molecule has 1 amide bonds. The van der Waals surface area contributed by atoms with Crippen molar-refractivity contribution in [1.82, 2.24) is 15.6 Å². The number of hydrazone groups is 1. The molecule has 3 aromatic carbocycles. The smallest absolute Gasteiger partial charge is 0.342 e. The first-order valence-electron chi connectivity index (χ1n) is 12.7. The van der Waals surface area contributed by atoms with E-state index >= 15 is 0 Å². The number of allylic oxidation sites excluding steroid dienone is 1. The van der Waals surface area contributed by atoms with Crippen LogP contribution in [0.1, 0.15) is 43.0 Å². The molecule has 0 fully saturated rings. The molecule has 0 saturated heterocycles. The van der Waals surface area contributed by atoms with Gasteiger partial charge in [-0.2, -0.15) is 9.67 Å². The molecule has 0 radical (unpaired) electrons. The molecule has 8 heteroatoms. The molecule has 200 valence electrons. The van der Waals surface area contributed by atoms with E-state index in [2.05, 4.69) is 72.3 Å². The standard InChI is InChI=1S/C31H33N5O2S/c1-6-8-22-9-7-10-24(28(22)38)19-32-33-27(37)20-39-30-35-34-29(36(30)26-17-11-21(2)12-18-26)23-13-15-25(16-14-23)31(3,4)5/h6-7,9-19H,1,8,20H2,2-5H3,(H2,32,33,37,38). The number of rotatable bonds is 9. The summed E-state index contributed by atoms with van der Waals surface area (Å²) in [5.74, 6) is 0.489. The van der Waals surface area contributed by atoms with Gasteiger partial charge in [0.1, 0.15) is 5.69 Å². The lowest BCUT2D eigenvalue weighted by Crippen LogP contribution is -2.34. The fraction of sp³-hybridized carbons (Fsp3) is 0.226. The van der Waals surface area contributed by atoms with Gasteiger partial charge in [0, 0.05) is 0 Å². The van der Waals surface area contributed by atoms with Gasteiger partial charge in [-0.05, 0) is 65.9 Å². The Bertz CT molecular complexity index is 1480. The van der Waals surface area contributed by atoms with Gasteiger partial charge in [0.25, 0.3) is 11.7 Å². The number of carbonyl (C=O) groups is 1. The highest BCUT2D eigenvalue weighted by Gasteiger charge is 2.25. The van der Waals surface area contributed by atoms with Crippen LogP contribution in [0.15, 0.2) is 89.6 Å². The Balaban J connectivity index is 1.52. The first kappa shape index (κ1) is 27.9. The third kappa shape index (κ3) is 6.83. The predicted molar refractivity (Wildman–Crippen MR) is 155 cm³/mol. The Hall–Kier alpha value is -4.17. The summed E-state index contributed by atoms with van der Waals surface area (Å²) < 4.78 is 2.02. The summed E-state index contributed by atoms with van der Waals surface area (Å²) in [5, 5.41) is 24.8. The number of aromatic nitrogens is 3. The van der Waals surface area contributed by atoms with Crippen LogP contribution in [0.3, 0.4) is 0 Å². The quantitative estimate of drug-likeness (QED) is 0.103. The number of benzene rings is 3. The number of aromatic amines is 1. The van der Waals surface area contributed by atoms with Crippen LogP contribution in [0.4, 0.5) is 0 Å². The van der Waals surface area contributed by atoms with E-state index in [1.807, 2.05) is 35.8 Å². The third-order valence-corrected chi connectivity index (χ3v) is 7.14. The zero-order chi connectivity index (χ0) is 28.0. The molecule has 0 saturated carbocycles. The molecule has 7 nitrogen and oxygen atoms in total. The highest BCUT2D eigenvalue weighted by Crippen LogP contribution is 2.26. The van der Waals surface area contributed by atoms with Gasteiger partial charge >= 0.3 is 5.16 Å². The normalized spacial score (nSPS) is 11.6. The Kier molecular flexibility index (Phi) is 8.66. The Morgan fingerprint density at radius 3 is 2.51 bits per heavy atom. The summed E-state index contributed by atoms with van der Waals surface area (Å²) >= 11 is 1.30. The van der Waals surface area contributed by atoms with Crippen LogP contribution in [0.2, 0.25) is 0 Å². The van der Waals surface area contributed by atoms with E-state index in [1.54, 1.807) is 24.3 Å². The zero-order valence-electron chi connectivity index (χ0n) is 22.7. The van der Waals surface area contributed by atoms with Crippen molar-refractivity contribution >= 4 is 23.9 Å². The molecule has 1 heterocycles. The first-order chi connectivity index (χ1) is 18.7. The van der Waals surface area contributed by atoms with Crippen molar-refractivity contribution in [3.8, 4) is 22.8 Å². The van der Waals surface area contributed by atoms with Gasteiger partial charge in [-0.25, -0.2) is 5.43 Å². The van der Waals surface area contributed by atoms with Gasteiger partial charge in [0.2, 0.25) is 0 Å². The van der Waals surface area contributed by atoms with E-state index < -0.39 is 0 Å². The SMILES string of the molecule is C=CCc1cccc(/C=N/NC(=O)CSc2n[nH]c(-c3ccc(C(C)(C)C)cc3)[n+]2-c2ccc(C)cc2)c1[O-]. The van der Waals surface area contributed by atoms with Crippen LogP contribution in [0.25, 0.3) is 17.1 Å². The average Bonchev–Trinajstić information content (AvgIpc) is 3.33. The van der Waals surface area contributed by atoms with E-state index in [0.717, 1.165) is 22.6 Å². The van der Waals surface area contributed by atoms with Crippen LogP contribution in [-0.4, -0.2) is 28.1 Å². The minimum atomic E-state index is -0.305. The molecule has 39 heavy (non-hydrogen) atoms. The van der Waals surface area contributed by atoms with Crippen molar-refractivity contribution in [2.24, 2.45) is 5.10 Å². The fourth-order valence-corrected chi connectivity index (χ4v) is 4.77. The average molecular weight is 540 g/mol. The maximum atomic E-state index is 12.6. The topological polar surface area (TPSA) is 97.1 Å². The molecule has 0 aliphatic rings. The maximum Gasteiger partial charge on any atom is 0.342 e. The van der Waals surface area contributed by atoms with Crippen LogP contribution < -0.4 is 15.1 Å². The van der Waals surface area contributed by atoms with Crippen LogP contribution in [0, 0.1) is 6.92 Å². The van der Waals surface area contributed by atoms with E-state index in [0.29, 0.717) is 22.7 Å². The molecular weight excluding hydrogens is 506 g/mol. The number of thioether (sulfide) groups is 1. The summed E-state index contributed by atoms with van der Waals surface area (Å²) in [6, 6.07) is 21.8. The molecule has 0 atom stereocenters. The lowest BCUT2D eigenvalue weighted by Gasteiger charge is -2.18. The molecule has 2 N–H and O–H groups in total. The molecular formula is C31H33N5O2S. The number of carbonyl (C=O) groups excluding carboxylic acids is 1. The van der Waals surface area contributed by atoms with E-state index in [1.165, 1.54) is 23.5 Å². The molecule has 1 aromatic heterocycles. The van der Waals surface area contributed by atoms with Crippen molar-refractivity contribution in [2.45, 2.75) is 44.7 Å². The molecule has 4 rings (SSSR count). The second kappa shape index (κ2) is 12.1. The number of nitrogens with one attached hydrogen (secondary N) is 2. The fourth-order valence-electron chi connectivity index (χ4n) is 4.01. The second-order valence-electron chi connectivity index (χ2n) is 10.3. The van der Waals surface area contributed by atoms with E-state index in [9.17, 15) is 9.90 Å². The van der Waals surface area contributed by atoms with Gasteiger partial charge in [0.05, 0.1) is 22.6 Å². The van der Waals surface area contributed by atoms with Crippen LogP contribution >= 0.6 is 11.8 Å². The molecule has 0 spiro atoms. The number of nitrogens with zero attached hydrogens (tertiary/aromatic N) is 3. The van der Waals surface area contributed by atoms with Crippen molar-refractivity contribution in [1.29, 1.82) is 0 Å². The molecule has 4 aromatic rings. The Morgan fingerprint density at radius 2 is 1.85 bits per heavy atom. The molecule has 0 aliphatic carbocycles. The van der Waals surface area contributed by atoms with Crippen LogP contribution in [-0.2, 0) is 16.6 Å². The maximum absolute atomic E-state index is 12.6. The Morgan fingerprint density at radius 1 is 1.13 bits per heavy atom. The summed E-state index contributed by atoms with van der Waals surface area (Å²) in [7, 11) is 0. The molecule has 0 bridgehead atoms. The minimum Gasteiger partial charge on any atom is -0.872 e. The van der Waals surface area contributed by atoms with Crippen LogP contribution in [0.5, 0.6) is 5.75 Å². The number of hydrogen-bond acceptors (Lipinski definition) is 5. The number of para-hydroxylation sites is 1.